The van der Waals surface area contributed by atoms with Gasteiger partial charge < -0.3 is 5.11 Å². The minimum absolute atomic E-state index is 0.270. The zero-order valence-electron chi connectivity index (χ0n) is 7.78. The van der Waals surface area contributed by atoms with E-state index in [0.717, 1.165) is 37.2 Å². The standard InChI is InChI=1S/C9H18O2S2/c10-9(11)5-4-8(7-13)3-1-2-6-12/h8,12-13H,1-7H2,(H,10,11). The van der Waals surface area contributed by atoms with Crippen LogP contribution in [0.5, 0.6) is 0 Å². The highest BCUT2D eigenvalue weighted by molar-refractivity contribution is 7.80. The van der Waals surface area contributed by atoms with E-state index in [4.69, 9.17) is 5.11 Å². The summed E-state index contributed by atoms with van der Waals surface area (Å²) in [7, 11) is 0. The first-order valence-electron chi connectivity index (χ1n) is 4.64. The molecule has 13 heavy (non-hydrogen) atoms. The molecule has 0 aliphatic heterocycles. The summed E-state index contributed by atoms with van der Waals surface area (Å²) in [5.74, 6) is 1.46. The minimum atomic E-state index is -0.707. The maximum atomic E-state index is 10.3. The number of hydrogen-bond donors (Lipinski definition) is 3. The highest BCUT2D eigenvalue weighted by Gasteiger charge is 2.08. The molecule has 0 bridgehead atoms. The van der Waals surface area contributed by atoms with Crippen LogP contribution in [0.2, 0.25) is 0 Å². The lowest BCUT2D eigenvalue weighted by Gasteiger charge is -2.11. The zero-order valence-corrected chi connectivity index (χ0v) is 9.57. The summed E-state index contributed by atoms with van der Waals surface area (Å²) in [5.41, 5.74) is 0. The topological polar surface area (TPSA) is 37.3 Å². The maximum Gasteiger partial charge on any atom is 0.303 e. The lowest BCUT2D eigenvalue weighted by Crippen LogP contribution is -2.06. The zero-order chi connectivity index (χ0) is 10.1. The Labute approximate surface area is 90.9 Å². The van der Waals surface area contributed by atoms with Gasteiger partial charge in [-0.2, -0.15) is 25.3 Å². The van der Waals surface area contributed by atoms with E-state index in [1.807, 2.05) is 0 Å². The average molecular weight is 222 g/mol. The normalized spacial score (nSPS) is 12.8. The second-order valence-electron chi connectivity index (χ2n) is 3.20. The van der Waals surface area contributed by atoms with Crippen LogP contribution in [0.3, 0.4) is 0 Å². The molecule has 0 amide bonds. The number of carboxylic acid groups (broad SMARTS) is 1. The highest BCUT2D eigenvalue weighted by atomic mass is 32.1. The predicted octanol–water partition coefficient (Wildman–Crippen LogP) is 2.50. The van der Waals surface area contributed by atoms with Gasteiger partial charge in [-0.15, -0.1) is 0 Å². The summed E-state index contributed by atoms with van der Waals surface area (Å²) < 4.78 is 0. The fourth-order valence-electron chi connectivity index (χ4n) is 1.20. The molecule has 0 radical (unpaired) electrons. The molecule has 0 aromatic rings. The van der Waals surface area contributed by atoms with Crippen LogP contribution in [-0.4, -0.2) is 22.6 Å². The molecule has 4 heteroatoms. The smallest absolute Gasteiger partial charge is 0.303 e. The number of rotatable bonds is 8. The molecule has 0 rings (SSSR count). The van der Waals surface area contributed by atoms with E-state index in [-0.39, 0.29) is 6.42 Å². The van der Waals surface area contributed by atoms with E-state index >= 15 is 0 Å². The molecule has 0 aromatic heterocycles. The second-order valence-corrected chi connectivity index (χ2v) is 4.01. The van der Waals surface area contributed by atoms with Crippen LogP contribution in [0, 0.1) is 5.92 Å². The van der Waals surface area contributed by atoms with Crippen molar-refractivity contribution in [1.82, 2.24) is 0 Å². The van der Waals surface area contributed by atoms with Crippen LogP contribution >= 0.6 is 25.3 Å². The average Bonchev–Trinajstić information content (AvgIpc) is 2.10. The molecule has 1 unspecified atom stereocenters. The molecule has 0 heterocycles. The Bertz CT molecular complexity index is 140. The Kier molecular flexibility index (Phi) is 8.87. The quantitative estimate of drug-likeness (QED) is 0.436. The predicted molar refractivity (Wildman–Crippen MR) is 61.9 cm³/mol. The van der Waals surface area contributed by atoms with Crippen molar-refractivity contribution in [3.8, 4) is 0 Å². The van der Waals surface area contributed by atoms with Crippen molar-refractivity contribution in [3.63, 3.8) is 0 Å². The number of aliphatic carboxylic acids is 1. The first-order valence-corrected chi connectivity index (χ1v) is 5.90. The third-order valence-electron chi connectivity index (χ3n) is 2.05. The van der Waals surface area contributed by atoms with Crippen LogP contribution in [0.25, 0.3) is 0 Å². The van der Waals surface area contributed by atoms with E-state index in [1.54, 1.807) is 0 Å². The maximum absolute atomic E-state index is 10.3. The molecule has 0 fully saturated rings. The van der Waals surface area contributed by atoms with Crippen LogP contribution in [-0.2, 0) is 4.79 Å². The van der Waals surface area contributed by atoms with Gasteiger partial charge in [0, 0.05) is 6.42 Å². The molecule has 2 nitrogen and oxygen atoms in total. The van der Waals surface area contributed by atoms with Gasteiger partial charge in [0.15, 0.2) is 0 Å². The van der Waals surface area contributed by atoms with E-state index in [2.05, 4.69) is 25.3 Å². The van der Waals surface area contributed by atoms with E-state index < -0.39 is 5.97 Å². The van der Waals surface area contributed by atoms with Crippen molar-refractivity contribution in [2.75, 3.05) is 11.5 Å². The first kappa shape index (κ1) is 13.2. The van der Waals surface area contributed by atoms with Gasteiger partial charge in [0.2, 0.25) is 0 Å². The number of carboxylic acids is 1. The lowest BCUT2D eigenvalue weighted by atomic mass is 9.99. The third-order valence-corrected chi connectivity index (χ3v) is 2.88. The Hall–Kier alpha value is 0.170. The van der Waals surface area contributed by atoms with Crippen molar-refractivity contribution in [2.24, 2.45) is 5.92 Å². The van der Waals surface area contributed by atoms with Gasteiger partial charge in [-0.05, 0) is 36.7 Å². The van der Waals surface area contributed by atoms with Gasteiger partial charge >= 0.3 is 5.97 Å². The molecule has 0 aromatic carbocycles. The Morgan fingerprint density at radius 1 is 1.23 bits per heavy atom. The van der Waals surface area contributed by atoms with Crippen molar-refractivity contribution < 1.29 is 9.90 Å². The number of hydrogen-bond acceptors (Lipinski definition) is 3. The number of thiol groups is 2. The van der Waals surface area contributed by atoms with Gasteiger partial charge in [-0.1, -0.05) is 6.42 Å². The van der Waals surface area contributed by atoms with Crippen molar-refractivity contribution in [3.05, 3.63) is 0 Å². The summed E-state index contributed by atoms with van der Waals surface area (Å²) in [4.78, 5) is 10.3. The highest BCUT2D eigenvalue weighted by Crippen LogP contribution is 2.16. The minimum Gasteiger partial charge on any atom is -0.481 e. The molecule has 1 N–H and O–H groups in total. The second kappa shape index (κ2) is 8.75. The van der Waals surface area contributed by atoms with Gasteiger partial charge in [0.1, 0.15) is 0 Å². The first-order chi connectivity index (χ1) is 6.20. The van der Waals surface area contributed by atoms with Gasteiger partial charge in [0.05, 0.1) is 0 Å². The van der Waals surface area contributed by atoms with Crippen LogP contribution < -0.4 is 0 Å². The summed E-state index contributed by atoms with van der Waals surface area (Å²) in [6, 6.07) is 0. The van der Waals surface area contributed by atoms with E-state index in [1.165, 1.54) is 0 Å². The summed E-state index contributed by atoms with van der Waals surface area (Å²) in [6.45, 7) is 0. The Morgan fingerprint density at radius 2 is 1.92 bits per heavy atom. The van der Waals surface area contributed by atoms with E-state index in [0.29, 0.717) is 5.92 Å². The summed E-state index contributed by atoms with van der Waals surface area (Å²) in [6.07, 6.45) is 4.35. The third kappa shape index (κ3) is 8.50. The van der Waals surface area contributed by atoms with Crippen molar-refractivity contribution in [1.29, 1.82) is 0 Å². The fraction of sp³-hybridized carbons (Fsp3) is 0.889. The Morgan fingerprint density at radius 3 is 2.38 bits per heavy atom. The number of carbonyl (C=O) groups is 1. The Balaban J connectivity index is 3.45. The number of unbranched alkanes of at least 4 members (excludes halogenated alkanes) is 1. The van der Waals surface area contributed by atoms with Crippen molar-refractivity contribution >= 4 is 31.2 Å². The van der Waals surface area contributed by atoms with Crippen LogP contribution in [0.4, 0.5) is 0 Å². The van der Waals surface area contributed by atoms with Crippen LogP contribution in [0.15, 0.2) is 0 Å². The molecule has 0 aliphatic carbocycles. The van der Waals surface area contributed by atoms with E-state index in [9.17, 15) is 4.79 Å². The fourth-order valence-corrected chi connectivity index (χ4v) is 1.79. The lowest BCUT2D eigenvalue weighted by molar-refractivity contribution is -0.137. The largest absolute Gasteiger partial charge is 0.481 e. The SMILES string of the molecule is O=C(O)CCC(CS)CCCCS. The molecular formula is C9H18O2S2. The molecule has 78 valence electrons. The van der Waals surface area contributed by atoms with Gasteiger partial charge in [-0.3, -0.25) is 4.79 Å². The summed E-state index contributed by atoms with van der Waals surface area (Å²) >= 11 is 8.33. The molecular weight excluding hydrogens is 204 g/mol. The van der Waals surface area contributed by atoms with Gasteiger partial charge in [-0.25, -0.2) is 0 Å². The van der Waals surface area contributed by atoms with Gasteiger partial charge in [0.25, 0.3) is 0 Å². The molecule has 0 aliphatic rings. The monoisotopic (exact) mass is 222 g/mol. The van der Waals surface area contributed by atoms with Crippen LogP contribution in [0.1, 0.15) is 32.1 Å². The molecule has 0 spiro atoms. The molecule has 1 atom stereocenters. The summed E-state index contributed by atoms with van der Waals surface area (Å²) in [5, 5.41) is 8.49. The van der Waals surface area contributed by atoms with Crippen molar-refractivity contribution in [2.45, 2.75) is 32.1 Å². The molecule has 0 saturated heterocycles. The molecule has 0 saturated carbocycles.